The Balaban J connectivity index is 2.89. The first-order valence-corrected chi connectivity index (χ1v) is 5.23. The Labute approximate surface area is 110 Å². The molecule has 0 aliphatic carbocycles. The zero-order chi connectivity index (χ0) is 15.5. The molecule has 0 aromatic heterocycles. The number of aliphatic carboxylic acids is 1. The summed E-state index contributed by atoms with van der Waals surface area (Å²) in [6.45, 7) is 0. The van der Waals surface area contributed by atoms with Crippen molar-refractivity contribution < 1.29 is 42.4 Å². The molecule has 112 valence electrons. The lowest BCUT2D eigenvalue weighted by Crippen LogP contribution is -2.22. The molecule has 0 fully saturated rings. The standard InChI is InChI=1S/C11H10F4O5/c12-6-3-5(10(19)7(16)4-9(17)18)1-2-8(6)20-11(13,14)15/h1-3,7,10,16,19H,4H2,(H,17,18). The van der Waals surface area contributed by atoms with Gasteiger partial charge in [-0.05, 0) is 17.7 Å². The molecular weight excluding hydrogens is 288 g/mol. The highest BCUT2D eigenvalue weighted by Gasteiger charge is 2.32. The van der Waals surface area contributed by atoms with Crippen molar-refractivity contribution in [1.29, 1.82) is 0 Å². The van der Waals surface area contributed by atoms with Crippen LogP contribution in [0.1, 0.15) is 18.1 Å². The second-order valence-electron chi connectivity index (χ2n) is 3.85. The predicted molar refractivity (Wildman–Crippen MR) is 56.3 cm³/mol. The van der Waals surface area contributed by atoms with Crippen molar-refractivity contribution in [2.24, 2.45) is 0 Å². The molecule has 2 atom stereocenters. The highest BCUT2D eigenvalue weighted by atomic mass is 19.4. The van der Waals surface area contributed by atoms with Gasteiger partial charge in [0.15, 0.2) is 11.6 Å². The van der Waals surface area contributed by atoms with Crippen LogP contribution in [0.5, 0.6) is 5.75 Å². The van der Waals surface area contributed by atoms with Crippen molar-refractivity contribution in [2.75, 3.05) is 0 Å². The monoisotopic (exact) mass is 298 g/mol. The molecule has 1 aromatic carbocycles. The van der Waals surface area contributed by atoms with E-state index in [0.29, 0.717) is 12.1 Å². The number of aliphatic hydroxyl groups excluding tert-OH is 2. The van der Waals surface area contributed by atoms with Crippen molar-refractivity contribution in [1.82, 2.24) is 0 Å². The first kappa shape index (κ1) is 16.2. The largest absolute Gasteiger partial charge is 0.573 e. The zero-order valence-electron chi connectivity index (χ0n) is 9.76. The van der Waals surface area contributed by atoms with Crippen molar-refractivity contribution >= 4 is 5.97 Å². The molecule has 0 saturated carbocycles. The number of rotatable bonds is 5. The number of carboxylic acid groups (broad SMARTS) is 1. The second-order valence-corrected chi connectivity index (χ2v) is 3.85. The van der Waals surface area contributed by atoms with Crippen LogP contribution in [-0.4, -0.2) is 33.8 Å². The molecule has 0 radical (unpaired) electrons. The number of aliphatic hydroxyl groups is 2. The maximum atomic E-state index is 13.3. The lowest BCUT2D eigenvalue weighted by atomic mass is 10.0. The predicted octanol–water partition coefficient (Wildman–Crippen LogP) is 1.59. The Morgan fingerprint density at radius 1 is 1.30 bits per heavy atom. The quantitative estimate of drug-likeness (QED) is 0.719. The van der Waals surface area contributed by atoms with Gasteiger partial charge in [-0.2, -0.15) is 0 Å². The highest BCUT2D eigenvalue weighted by Crippen LogP contribution is 2.28. The van der Waals surface area contributed by atoms with E-state index in [1.807, 2.05) is 0 Å². The molecule has 3 N–H and O–H groups in total. The van der Waals surface area contributed by atoms with Crippen LogP contribution in [-0.2, 0) is 4.79 Å². The van der Waals surface area contributed by atoms with Crippen LogP contribution in [0.2, 0.25) is 0 Å². The van der Waals surface area contributed by atoms with Gasteiger partial charge in [0.2, 0.25) is 0 Å². The van der Waals surface area contributed by atoms with Crippen molar-refractivity contribution in [3.8, 4) is 5.75 Å². The molecule has 0 bridgehead atoms. The van der Waals surface area contributed by atoms with Crippen LogP contribution in [0.15, 0.2) is 18.2 Å². The van der Waals surface area contributed by atoms with Gasteiger partial charge < -0.3 is 20.1 Å². The molecule has 0 saturated heterocycles. The van der Waals surface area contributed by atoms with Gasteiger partial charge in [0.05, 0.1) is 12.5 Å². The molecule has 1 aromatic rings. The minimum Gasteiger partial charge on any atom is -0.481 e. The number of benzene rings is 1. The minimum atomic E-state index is -5.07. The topological polar surface area (TPSA) is 87.0 Å². The molecule has 0 amide bonds. The van der Waals surface area contributed by atoms with Gasteiger partial charge in [0.25, 0.3) is 0 Å². The summed E-state index contributed by atoms with van der Waals surface area (Å²) in [6.07, 6.45) is -9.34. The van der Waals surface area contributed by atoms with Crippen LogP contribution in [0, 0.1) is 5.82 Å². The summed E-state index contributed by atoms with van der Waals surface area (Å²) in [6, 6.07) is 2.03. The third-order valence-electron chi connectivity index (χ3n) is 2.27. The van der Waals surface area contributed by atoms with Gasteiger partial charge in [0, 0.05) is 0 Å². The molecule has 1 rings (SSSR count). The number of hydrogen-bond donors (Lipinski definition) is 3. The lowest BCUT2D eigenvalue weighted by Gasteiger charge is -2.17. The van der Waals surface area contributed by atoms with E-state index in [9.17, 15) is 32.6 Å². The third-order valence-corrected chi connectivity index (χ3v) is 2.27. The molecule has 2 unspecified atom stereocenters. The summed E-state index contributed by atoms with van der Waals surface area (Å²) in [5.41, 5.74) is -0.272. The first-order valence-electron chi connectivity index (χ1n) is 5.23. The maximum Gasteiger partial charge on any atom is 0.573 e. The summed E-state index contributed by atoms with van der Waals surface area (Å²) in [5.74, 6) is -3.89. The van der Waals surface area contributed by atoms with E-state index in [1.54, 1.807) is 0 Å². The fraction of sp³-hybridized carbons (Fsp3) is 0.364. The maximum absolute atomic E-state index is 13.3. The molecule has 0 aliphatic heterocycles. The minimum absolute atomic E-state index is 0.272. The smallest absolute Gasteiger partial charge is 0.481 e. The van der Waals surface area contributed by atoms with Gasteiger partial charge in [-0.15, -0.1) is 13.2 Å². The van der Waals surface area contributed by atoms with E-state index >= 15 is 0 Å². The Kier molecular flexibility index (Phi) is 4.90. The van der Waals surface area contributed by atoms with Crippen LogP contribution in [0.3, 0.4) is 0 Å². The SMILES string of the molecule is O=C(O)CC(O)C(O)c1ccc(OC(F)(F)F)c(F)c1. The van der Waals surface area contributed by atoms with E-state index in [4.69, 9.17) is 5.11 Å². The Bertz CT molecular complexity index is 488. The van der Waals surface area contributed by atoms with E-state index in [0.717, 1.165) is 6.07 Å². The number of alkyl halides is 3. The molecule has 0 heterocycles. The van der Waals surface area contributed by atoms with Crippen LogP contribution >= 0.6 is 0 Å². The number of hydrogen-bond acceptors (Lipinski definition) is 4. The number of halogens is 4. The van der Waals surface area contributed by atoms with Crippen LogP contribution < -0.4 is 4.74 Å². The number of ether oxygens (including phenoxy) is 1. The number of carbonyl (C=O) groups is 1. The summed E-state index contributed by atoms with van der Waals surface area (Å²) in [7, 11) is 0. The Morgan fingerprint density at radius 2 is 1.90 bits per heavy atom. The first-order chi connectivity index (χ1) is 9.10. The Morgan fingerprint density at radius 3 is 2.35 bits per heavy atom. The van der Waals surface area contributed by atoms with Gasteiger partial charge in [-0.3, -0.25) is 4.79 Å². The van der Waals surface area contributed by atoms with Crippen LogP contribution in [0.25, 0.3) is 0 Å². The molecule has 9 heteroatoms. The average Bonchev–Trinajstić information content (AvgIpc) is 2.28. The van der Waals surface area contributed by atoms with Crippen molar-refractivity contribution in [3.63, 3.8) is 0 Å². The van der Waals surface area contributed by atoms with E-state index < -0.39 is 42.5 Å². The highest BCUT2D eigenvalue weighted by molar-refractivity contribution is 5.67. The van der Waals surface area contributed by atoms with Crippen LogP contribution in [0.4, 0.5) is 17.6 Å². The van der Waals surface area contributed by atoms with E-state index in [2.05, 4.69) is 4.74 Å². The van der Waals surface area contributed by atoms with Gasteiger partial charge in [-0.25, -0.2) is 4.39 Å². The molecule has 20 heavy (non-hydrogen) atoms. The van der Waals surface area contributed by atoms with Gasteiger partial charge in [0.1, 0.15) is 6.10 Å². The lowest BCUT2D eigenvalue weighted by molar-refractivity contribution is -0.275. The third kappa shape index (κ3) is 4.67. The molecule has 0 spiro atoms. The summed E-state index contributed by atoms with van der Waals surface area (Å²) in [5, 5.41) is 27.3. The normalized spacial score (nSPS) is 14.7. The van der Waals surface area contributed by atoms with E-state index in [-0.39, 0.29) is 5.56 Å². The average molecular weight is 298 g/mol. The van der Waals surface area contributed by atoms with Gasteiger partial charge >= 0.3 is 12.3 Å². The number of carboxylic acids is 1. The van der Waals surface area contributed by atoms with E-state index in [1.165, 1.54) is 0 Å². The summed E-state index contributed by atoms with van der Waals surface area (Å²) in [4.78, 5) is 10.3. The van der Waals surface area contributed by atoms with Gasteiger partial charge in [-0.1, -0.05) is 6.07 Å². The molecule has 0 aliphatic rings. The molecule has 5 nitrogen and oxygen atoms in total. The summed E-state index contributed by atoms with van der Waals surface area (Å²) >= 11 is 0. The zero-order valence-corrected chi connectivity index (χ0v) is 9.76. The summed E-state index contributed by atoms with van der Waals surface area (Å²) < 4.78 is 52.4. The second kappa shape index (κ2) is 6.06. The fourth-order valence-electron chi connectivity index (χ4n) is 1.42. The Hall–Kier alpha value is -1.87. The molecular formula is C11H10F4O5. The fourth-order valence-corrected chi connectivity index (χ4v) is 1.42. The van der Waals surface area contributed by atoms with Crippen molar-refractivity contribution in [2.45, 2.75) is 25.0 Å². The van der Waals surface area contributed by atoms with Crippen molar-refractivity contribution in [3.05, 3.63) is 29.6 Å².